The van der Waals surface area contributed by atoms with Crippen LogP contribution in [0.25, 0.3) is 0 Å². The van der Waals surface area contributed by atoms with Gasteiger partial charge in [0.2, 0.25) is 0 Å². The molecule has 5 heteroatoms. The van der Waals surface area contributed by atoms with Gasteiger partial charge in [-0.25, -0.2) is 0 Å². The number of nitrogens with zero attached hydrogens (tertiary/aromatic N) is 2. The summed E-state index contributed by atoms with van der Waals surface area (Å²) in [5.41, 5.74) is 6.01. The number of carbonyl (C=O) groups excluding carboxylic acids is 1. The van der Waals surface area contributed by atoms with Gasteiger partial charge in [0.15, 0.2) is 5.78 Å². The Kier molecular flexibility index (Phi) is 8.32. The van der Waals surface area contributed by atoms with Crippen LogP contribution in [0.4, 0.5) is 0 Å². The van der Waals surface area contributed by atoms with Crippen LogP contribution in [0.2, 0.25) is 0 Å². The van der Waals surface area contributed by atoms with Crippen molar-refractivity contribution in [2.45, 2.75) is 46.6 Å². The van der Waals surface area contributed by atoms with Crippen molar-refractivity contribution >= 4 is 22.6 Å². The number of allylic oxidation sites excluding steroid dienone is 11. The third-order valence-corrected chi connectivity index (χ3v) is 7.08. The lowest BCUT2D eigenvalue weighted by atomic mass is 9.98. The zero-order chi connectivity index (χ0) is 23.3. The third kappa shape index (κ3) is 5.51. The number of aliphatic imine (C=N–C) groups is 1. The lowest BCUT2D eigenvalue weighted by molar-refractivity contribution is -0.111. The maximum atomic E-state index is 13.4. The Hall–Kier alpha value is -2.37. The molecule has 1 aliphatic carbocycles. The number of hydrogen-bond donors (Lipinski definition) is 0. The van der Waals surface area contributed by atoms with Gasteiger partial charge in [0.1, 0.15) is 5.04 Å². The SMILES string of the molecule is C=CC1=CCC=CC(CC(=C)C(=O)C2=C(C)/C(=C(/C)N3CCOC(C)C3)C(=NCC)S2)=C1. The fourth-order valence-electron chi connectivity index (χ4n) is 4.16. The summed E-state index contributed by atoms with van der Waals surface area (Å²) in [7, 11) is 0. The predicted octanol–water partition coefficient (Wildman–Crippen LogP) is 5.93. The van der Waals surface area contributed by atoms with Crippen molar-refractivity contribution in [3.05, 3.63) is 82.0 Å². The molecule has 3 rings (SSSR count). The fourth-order valence-corrected chi connectivity index (χ4v) is 5.44. The summed E-state index contributed by atoms with van der Waals surface area (Å²) in [5, 5.41) is 0.934. The van der Waals surface area contributed by atoms with Crippen molar-refractivity contribution in [1.29, 1.82) is 0 Å². The zero-order valence-electron chi connectivity index (χ0n) is 19.7. The van der Waals surface area contributed by atoms with Gasteiger partial charge in [-0.1, -0.05) is 55.3 Å². The van der Waals surface area contributed by atoms with E-state index in [2.05, 4.69) is 56.2 Å². The number of ketones is 1. The van der Waals surface area contributed by atoms with E-state index in [9.17, 15) is 4.79 Å². The molecule has 0 spiro atoms. The molecule has 1 saturated heterocycles. The second-order valence-corrected chi connectivity index (χ2v) is 9.30. The summed E-state index contributed by atoms with van der Waals surface area (Å²) in [6, 6.07) is 0. The molecule has 0 bridgehead atoms. The molecule has 0 aromatic rings. The average Bonchev–Trinajstić information content (AvgIpc) is 2.94. The quantitative estimate of drug-likeness (QED) is 0.451. The Labute approximate surface area is 196 Å². The average molecular weight is 451 g/mol. The van der Waals surface area contributed by atoms with Gasteiger partial charge < -0.3 is 9.64 Å². The predicted molar refractivity (Wildman–Crippen MR) is 137 cm³/mol. The highest BCUT2D eigenvalue weighted by molar-refractivity contribution is 8.19. The van der Waals surface area contributed by atoms with Crippen LogP contribution >= 0.6 is 11.8 Å². The highest BCUT2D eigenvalue weighted by Gasteiger charge is 2.32. The van der Waals surface area contributed by atoms with Crippen LogP contribution in [0.5, 0.6) is 0 Å². The van der Waals surface area contributed by atoms with Crippen molar-refractivity contribution < 1.29 is 9.53 Å². The molecule has 1 unspecified atom stereocenters. The number of carbonyl (C=O) groups is 1. The maximum absolute atomic E-state index is 13.4. The van der Waals surface area contributed by atoms with Gasteiger partial charge in [0, 0.05) is 37.3 Å². The van der Waals surface area contributed by atoms with Gasteiger partial charge in [-0.2, -0.15) is 0 Å². The highest BCUT2D eigenvalue weighted by Crippen LogP contribution is 2.42. The first-order valence-corrected chi connectivity index (χ1v) is 12.1. The first-order valence-electron chi connectivity index (χ1n) is 11.3. The van der Waals surface area contributed by atoms with Crippen molar-refractivity contribution in [3.8, 4) is 0 Å². The summed E-state index contributed by atoms with van der Waals surface area (Å²) < 4.78 is 5.71. The van der Waals surface area contributed by atoms with E-state index in [1.165, 1.54) is 17.5 Å². The lowest BCUT2D eigenvalue weighted by Gasteiger charge is -2.34. The molecule has 0 amide bonds. The number of thioether (sulfide) groups is 1. The second kappa shape index (κ2) is 11.0. The highest BCUT2D eigenvalue weighted by atomic mass is 32.2. The molecule has 2 heterocycles. The summed E-state index contributed by atoms with van der Waals surface area (Å²) in [6.45, 7) is 19.4. The Morgan fingerprint density at radius 2 is 2.22 bits per heavy atom. The van der Waals surface area contributed by atoms with Crippen LogP contribution in [0, 0.1) is 0 Å². The molecule has 170 valence electrons. The summed E-state index contributed by atoms with van der Waals surface area (Å²) >= 11 is 1.49. The minimum Gasteiger partial charge on any atom is -0.375 e. The van der Waals surface area contributed by atoms with Crippen LogP contribution < -0.4 is 0 Å². The molecular weight excluding hydrogens is 416 g/mol. The number of hydrogen-bond acceptors (Lipinski definition) is 5. The molecule has 32 heavy (non-hydrogen) atoms. The Bertz CT molecular complexity index is 991. The third-order valence-electron chi connectivity index (χ3n) is 5.86. The maximum Gasteiger partial charge on any atom is 0.195 e. The van der Waals surface area contributed by atoms with E-state index in [0.29, 0.717) is 25.1 Å². The summed E-state index contributed by atoms with van der Waals surface area (Å²) in [5.74, 6) is 0.0112. The van der Waals surface area contributed by atoms with E-state index in [1.54, 1.807) is 0 Å². The molecule has 0 aromatic heterocycles. The first kappa shape index (κ1) is 24.3. The van der Waals surface area contributed by atoms with Gasteiger partial charge >= 0.3 is 0 Å². The molecule has 0 N–H and O–H groups in total. The topological polar surface area (TPSA) is 41.9 Å². The Balaban J connectivity index is 1.88. The molecule has 0 aromatic carbocycles. The van der Waals surface area contributed by atoms with Crippen LogP contribution in [0.1, 0.15) is 40.5 Å². The van der Waals surface area contributed by atoms with Crippen LogP contribution in [0.15, 0.2) is 87.0 Å². The van der Waals surface area contributed by atoms with Gasteiger partial charge in [-0.15, -0.1) is 0 Å². The molecule has 2 aliphatic heterocycles. The van der Waals surface area contributed by atoms with Crippen LogP contribution in [-0.2, 0) is 9.53 Å². The van der Waals surface area contributed by atoms with Crippen molar-refractivity contribution in [3.63, 3.8) is 0 Å². The second-order valence-electron chi connectivity index (χ2n) is 8.30. The number of ether oxygens (including phenoxy) is 1. The van der Waals surface area contributed by atoms with E-state index < -0.39 is 0 Å². The summed E-state index contributed by atoms with van der Waals surface area (Å²) in [6.07, 6.45) is 11.8. The van der Waals surface area contributed by atoms with Gasteiger partial charge in [0.05, 0.1) is 17.6 Å². The molecule has 4 nitrogen and oxygen atoms in total. The minimum atomic E-state index is 0.0112. The largest absolute Gasteiger partial charge is 0.375 e. The van der Waals surface area contributed by atoms with Crippen LogP contribution in [-0.4, -0.2) is 48.1 Å². The van der Waals surface area contributed by atoms with E-state index in [4.69, 9.17) is 9.73 Å². The van der Waals surface area contributed by atoms with E-state index in [1.807, 2.05) is 19.9 Å². The molecule has 1 fully saturated rings. The molecule has 1 atom stereocenters. The van der Waals surface area contributed by atoms with Gasteiger partial charge in [-0.05, 0) is 56.4 Å². The van der Waals surface area contributed by atoms with E-state index in [-0.39, 0.29) is 11.9 Å². The standard InChI is InChI=1S/C27H34N2O2S/c1-7-22-11-9-10-12-23(16-22)15-18(3)25(30)26-20(5)24(27(32-26)28-8-2)21(6)29-13-14-31-19(4)17-29/h7,10-12,16,19H,1,3,8-9,13-15,17H2,2,4-6H3/b24-21+,28-27?. The first-order chi connectivity index (χ1) is 15.3. The number of rotatable bonds is 7. The molecule has 3 aliphatic rings. The number of morpholine rings is 1. The Morgan fingerprint density at radius 1 is 1.44 bits per heavy atom. The number of Topliss-reactive ketones (excluding diaryl/α,β-unsaturated/α-hetero) is 1. The minimum absolute atomic E-state index is 0.0112. The van der Waals surface area contributed by atoms with Gasteiger partial charge in [0.25, 0.3) is 0 Å². The normalized spacial score (nSPS) is 24.3. The molecule has 0 radical (unpaired) electrons. The fraction of sp³-hybridized carbons (Fsp3) is 0.407. The smallest absolute Gasteiger partial charge is 0.195 e. The molecule has 0 saturated carbocycles. The van der Waals surface area contributed by atoms with Gasteiger partial charge in [-0.3, -0.25) is 9.79 Å². The van der Waals surface area contributed by atoms with Crippen LogP contribution in [0.3, 0.4) is 0 Å². The lowest BCUT2D eigenvalue weighted by Crippen LogP contribution is -2.40. The summed E-state index contributed by atoms with van der Waals surface area (Å²) in [4.78, 5) is 21.3. The molecular formula is C27H34N2O2S. The Morgan fingerprint density at radius 3 is 2.91 bits per heavy atom. The van der Waals surface area contributed by atoms with E-state index >= 15 is 0 Å². The van der Waals surface area contributed by atoms with Crippen molar-refractivity contribution in [1.82, 2.24) is 4.90 Å². The van der Waals surface area contributed by atoms with Crippen molar-refractivity contribution in [2.75, 3.05) is 26.2 Å². The monoisotopic (exact) mass is 450 g/mol. The van der Waals surface area contributed by atoms with Crippen molar-refractivity contribution in [2.24, 2.45) is 4.99 Å². The van der Waals surface area contributed by atoms with E-state index in [0.717, 1.165) is 51.8 Å². The zero-order valence-corrected chi connectivity index (χ0v) is 20.6.